The molecule has 0 radical (unpaired) electrons. The first kappa shape index (κ1) is 14.6. The van der Waals surface area contributed by atoms with Crippen molar-refractivity contribution in [2.75, 3.05) is 13.1 Å². The van der Waals surface area contributed by atoms with Gasteiger partial charge in [0.05, 0.1) is 10.4 Å². The number of nitrogens with zero attached hydrogens (tertiary/aromatic N) is 1. The van der Waals surface area contributed by atoms with E-state index in [0.29, 0.717) is 18.7 Å². The van der Waals surface area contributed by atoms with Crippen LogP contribution in [0.1, 0.15) is 29.3 Å². The molecule has 0 aliphatic carbocycles. The van der Waals surface area contributed by atoms with Crippen LogP contribution in [0.25, 0.3) is 0 Å². The van der Waals surface area contributed by atoms with E-state index < -0.39 is 11.3 Å². The number of carbonyl (C=O) groups is 2. The van der Waals surface area contributed by atoms with Gasteiger partial charge in [0.1, 0.15) is 5.69 Å². The summed E-state index contributed by atoms with van der Waals surface area (Å²) < 4.78 is 0. The monoisotopic (exact) mass is 270 g/mol. The van der Waals surface area contributed by atoms with Crippen LogP contribution in [0.15, 0.2) is 5.38 Å². The van der Waals surface area contributed by atoms with E-state index in [1.54, 1.807) is 19.2 Å². The standard InChI is InChI=1S/C11H18N4O2S/c1-11(2,10(13)17)6-14-9(16)7-5-18-8(15-7)3-4-12/h5H,3-4,6,12H2,1-2H3,(H2,13,17)(H,14,16). The van der Waals surface area contributed by atoms with Crippen molar-refractivity contribution in [3.05, 3.63) is 16.1 Å². The van der Waals surface area contributed by atoms with Gasteiger partial charge in [-0.05, 0) is 20.4 Å². The van der Waals surface area contributed by atoms with Crippen molar-refractivity contribution in [3.8, 4) is 0 Å². The predicted molar refractivity (Wildman–Crippen MR) is 70.2 cm³/mol. The number of hydrogen-bond acceptors (Lipinski definition) is 5. The van der Waals surface area contributed by atoms with Gasteiger partial charge in [-0.15, -0.1) is 11.3 Å². The Balaban J connectivity index is 2.57. The van der Waals surface area contributed by atoms with E-state index in [1.165, 1.54) is 11.3 Å². The van der Waals surface area contributed by atoms with Gasteiger partial charge in [-0.3, -0.25) is 9.59 Å². The summed E-state index contributed by atoms with van der Waals surface area (Å²) in [5, 5.41) is 5.16. The van der Waals surface area contributed by atoms with Crippen molar-refractivity contribution >= 4 is 23.2 Å². The van der Waals surface area contributed by atoms with E-state index in [9.17, 15) is 9.59 Å². The fourth-order valence-electron chi connectivity index (χ4n) is 1.13. The van der Waals surface area contributed by atoms with Crippen LogP contribution in [0.4, 0.5) is 0 Å². The number of primary amides is 1. The third-order valence-electron chi connectivity index (χ3n) is 2.50. The molecule has 0 aliphatic rings. The molecule has 0 fully saturated rings. The maximum Gasteiger partial charge on any atom is 0.270 e. The number of thiazole rings is 1. The minimum atomic E-state index is -0.772. The van der Waals surface area contributed by atoms with Crippen LogP contribution < -0.4 is 16.8 Å². The first-order chi connectivity index (χ1) is 8.36. The molecule has 1 rings (SSSR count). The second-order valence-electron chi connectivity index (χ2n) is 4.60. The lowest BCUT2D eigenvalue weighted by Gasteiger charge is -2.20. The van der Waals surface area contributed by atoms with Crippen molar-refractivity contribution in [1.82, 2.24) is 10.3 Å². The van der Waals surface area contributed by atoms with Crippen LogP contribution in [-0.2, 0) is 11.2 Å². The Morgan fingerprint density at radius 3 is 2.72 bits per heavy atom. The van der Waals surface area contributed by atoms with E-state index in [1.807, 2.05) is 0 Å². The summed E-state index contributed by atoms with van der Waals surface area (Å²) >= 11 is 1.40. The zero-order valence-electron chi connectivity index (χ0n) is 10.5. The molecule has 5 N–H and O–H groups in total. The summed E-state index contributed by atoms with van der Waals surface area (Å²) in [6.45, 7) is 4.04. The van der Waals surface area contributed by atoms with Crippen LogP contribution in [0.2, 0.25) is 0 Å². The Bertz CT molecular complexity index is 442. The second kappa shape index (κ2) is 5.92. The Morgan fingerprint density at radius 2 is 2.17 bits per heavy atom. The van der Waals surface area contributed by atoms with Gasteiger partial charge in [-0.25, -0.2) is 4.98 Å². The average Bonchev–Trinajstić information content (AvgIpc) is 2.75. The second-order valence-corrected chi connectivity index (χ2v) is 5.54. The van der Waals surface area contributed by atoms with Gasteiger partial charge in [0, 0.05) is 18.3 Å². The molecule has 2 amide bonds. The van der Waals surface area contributed by atoms with E-state index in [4.69, 9.17) is 11.5 Å². The van der Waals surface area contributed by atoms with Crippen LogP contribution >= 0.6 is 11.3 Å². The van der Waals surface area contributed by atoms with Gasteiger partial charge in [0.25, 0.3) is 5.91 Å². The average molecular weight is 270 g/mol. The largest absolute Gasteiger partial charge is 0.369 e. The van der Waals surface area contributed by atoms with Crippen molar-refractivity contribution < 1.29 is 9.59 Å². The lowest BCUT2D eigenvalue weighted by Crippen LogP contribution is -2.42. The maximum absolute atomic E-state index is 11.8. The zero-order valence-corrected chi connectivity index (χ0v) is 11.3. The molecule has 1 aromatic rings. The number of nitrogens with one attached hydrogen (secondary N) is 1. The van der Waals surface area contributed by atoms with E-state index >= 15 is 0 Å². The number of aromatic nitrogens is 1. The Hall–Kier alpha value is -1.47. The molecule has 1 aromatic heterocycles. The normalized spacial score (nSPS) is 11.3. The predicted octanol–water partition coefficient (Wildman–Crippen LogP) is -0.114. The number of carbonyl (C=O) groups excluding carboxylic acids is 2. The van der Waals surface area contributed by atoms with E-state index in [0.717, 1.165) is 5.01 Å². The van der Waals surface area contributed by atoms with Crippen molar-refractivity contribution in [1.29, 1.82) is 0 Å². The first-order valence-electron chi connectivity index (χ1n) is 5.59. The van der Waals surface area contributed by atoms with Crippen molar-refractivity contribution in [2.45, 2.75) is 20.3 Å². The molecule has 0 aliphatic heterocycles. The molecule has 100 valence electrons. The molecule has 0 bridgehead atoms. The first-order valence-corrected chi connectivity index (χ1v) is 6.47. The minimum absolute atomic E-state index is 0.185. The van der Waals surface area contributed by atoms with Crippen LogP contribution in [-0.4, -0.2) is 29.9 Å². The summed E-state index contributed by atoms with van der Waals surface area (Å²) in [5.41, 5.74) is 10.2. The highest BCUT2D eigenvalue weighted by Gasteiger charge is 2.26. The Kier molecular flexibility index (Phi) is 4.80. The molecule has 1 heterocycles. The summed E-state index contributed by atoms with van der Waals surface area (Å²) in [6.07, 6.45) is 0.657. The molecule has 18 heavy (non-hydrogen) atoms. The highest BCUT2D eigenvalue weighted by molar-refractivity contribution is 7.09. The van der Waals surface area contributed by atoms with Gasteiger partial charge < -0.3 is 16.8 Å². The van der Waals surface area contributed by atoms with Crippen LogP contribution in [0.3, 0.4) is 0 Å². The van der Waals surface area contributed by atoms with Gasteiger partial charge in [-0.1, -0.05) is 0 Å². The van der Waals surface area contributed by atoms with Gasteiger partial charge >= 0.3 is 0 Å². The maximum atomic E-state index is 11.8. The molecule has 0 spiro atoms. The van der Waals surface area contributed by atoms with Gasteiger partial charge in [0.2, 0.25) is 5.91 Å². The smallest absolute Gasteiger partial charge is 0.270 e. The fourth-order valence-corrected chi connectivity index (χ4v) is 1.93. The summed E-state index contributed by atoms with van der Waals surface area (Å²) in [6, 6.07) is 0. The van der Waals surface area contributed by atoms with Crippen LogP contribution in [0.5, 0.6) is 0 Å². The molecule has 0 saturated carbocycles. The zero-order chi connectivity index (χ0) is 13.8. The lowest BCUT2D eigenvalue weighted by atomic mass is 9.93. The highest BCUT2D eigenvalue weighted by Crippen LogP contribution is 2.13. The molecular weight excluding hydrogens is 252 g/mol. The molecule has 6 nitrogen and oxygen atoms in total. The number of rotatable bonds is 6. The third kappa shape index (κ3) is 3.78. The molecular formula is C11H18N4O2S. The quantitative estimate of drug-likeness (QED) is 0.669. The SMILES string of the molecule is CC(C)(CNC(=O)c1csc(CCN)n1)C(N)=O. The Labute approximate surface area is 110 Å². The summed E-state index contributed by atoms with van der Waals surface area (Å²) in [4.78, 5) is 27.0. The topological polar surface area (TPSA) is 111 Å². The van der Waals surface area contributed by atoms with E-state index in [2.05, 4.69) is 10.3 Å². The summed E-state index contributed by atoms with van der Waals surface area (Å²) in [5.74, 6) is -0.756. The Morgan fingerprint density at radius 1 is 1.50 bits per heavy atom. The number of hydrogen-bond donors (Lipinski definition) is 3. The molecule has 0 atom stereocenters. The third-order valence-corrected chi connectivity index (χ3v) is 3.41. The van der Waals surface area contributed by atoms with Crippen molar-refractivity contribution in [2.24, 2.45) is 16.9 Å². The number of amides is 2. The summed E-state index contributed by atoms with van der Waals surface area (Å²) in [7, 11) is 0. The van der Waals surface area contributed by atoms with Crippen LogP contribution in [0, 0.1) is 5.41 Å². The van der Waals surface area contributed by atoms with Crippen molar-refractivity contribution in [3.63, 3.8) is 0 Å². The lowest BCUT2D eigenvalue weighted by molar-refractivity contribution is -0.125. The molecule has 7 heteroatoms. The number of nitrogens with two attached hydrogens (primary N) is 2. The van der Waals surface area contributed by atoms with Gasteiger partial charge in [-0.2, -0.15) is 0 Å². The van der Waals surface area contributed by atoms with E-state index in [-0.39, 0.29) is 12.5 Å². The highest BCUT2D eigenvalue weighted by atomic mass is 32.1. The molecule has 0 aromatic carbocycles. The fraction of sp³-hybridized carbons (Fsp3) is 0.545. The minimum Gasteiger partial charge on any atom is -0.369 e. The molecule has 0 saturated heterocycles. The molecule has 0 unspecified atom stereocenters. The van der Waals surface area contributed by atoms with Gasteiger partial charge in [0.15, 0.2) is 0 Å².